The zero-order valence-corrected chi connectivity index (χ0v) is 10.0. The summed E-state index contributed by atoms with van der Waals surface area (Å²) in [5.41, 5.74) is 2.13. The zero-order valence-electron chi connectivity index (χ0n) is 10.0. The van der Waals surface area contributed by atoms with Gasteiger partial charge in [0.2, 0.25) is 5.91 Å². The number of carbonyl (C=O) groups excluding carboxylic acids is 1. The summed E-state index contributed by atoms with van der Waals surface area (Å²) in [5, 5.41) is 0. The minimum absolute atomic E-state index is 0.0110. The molecular weight excluding hydrogens is 178 g/mol. The van der Waals surface area contributed by atoms with Gasteiger partial charge in [0, 0.05) is 5.41 Å². The summed E-state index contributed by atoms with van der Waals surface area (Å²) in [6.07, 6.45) is 2.83. The minimum atomic E-state index is -0.291. The van der Waals surface area contributed by atoms with E-state index in [0.717, 1.165) is 19.3 Å². The molecule has 0 radical (unpaired) electrons. The van der Waals surface area contributed by atoms with Crippen molar-refractivity contribution in [3.8, 4) is 0 Å². The van der Waals surface area contributed by atoms with E-state index in [1.165, 1.54) is 7.11 Å². The van der Waals surface area contributed by atoms with E-state index < -0.39 is 0 Å². The van der Waals surface area contributed by atoms with Gasteiger partial charge in [-0.3, -0.25) is 9.63 Å². The molecule has 0 rings (SSSR count). The molecule has 0 bridgehead atoms. The van der Waals surface area contributed by atoms with Gasteiger partial charge in [-0.1, -0.05) is 27.7 Å². The Balaban J connectivity index is 4.23. The standard InChI is InChI=1S/C11H23NO2/c1-6-11(4,8-7-9(2)3)10(13)12-14-5/h9H,6-8H2,1-5H3,(H,12,13). The third-order valence-electron chi connectivity index (χ3n) is 2.80. The third kappa shape index (κ3) is 4.09. The molecule has 1 atom stereocenters. The highest BCUT2D eigenvalue weighted by Crippen LogP contribution is 2.29. The van der Waals surface area contributed by atoms with Crippen LogP contribution in [0.3, 0.4) is 0 Å². The van der Waals surface area contributed by atoms with Gasteiger partial charge in [0.1, 0.15) is 0 Å². The van der Waals surface area contributed by atoms with Gasteiger partial charge < -0.3 is 0 Å². The summed E-state index contributed by atoms with van der Waals surface area (Å²) >= 11 is 0. The first-order valence-corrected chi connectivity index (χ1v) is 5.29. The van der Waals surface area contributed by atoms with Crippen molar-refractivity contribution in [2.24, 2.45) is 11.3 Å². The lowest BCUT2D eigenvalue weighted by molar-refractivity contribution is -0.141. The Kier molecular flexibility index (Phi) is 5.77. The van der Waals surface area contributed by atoms with Crippen molar-refractivity contribution >= 4 is 5.91 Å². The van der Waals surface area contributed by atoms with Crippen molar-refractivity contribution in [2.45, 2.75) is 47.0 Å². The van der Waals surface area contributed by atoms with Gasteiger partial charge in [0.05, 0.1) is 7.11 Å². The number of hydrogen-bond donors (Lipinski definition) is 1. The summed E-state index contributed by atoms with van der Waals surface area (Å²) in [7, 11) is 1.47. The van der Waals surface area contributed by atoms with Crippen LogP contribution in [0.15, 0.2) is 0 Å². The normalized spacial score (nSPS) is 15.3. The van der Waals surface area contributed by atoms with Gasteiger partial charge in [0.25, 0.3) is 0 Å². The maximum atomic E-state index is 11.7. The molecule has 0 aliphatic carbocycles. The molecule has 1 unspecified atom stereocenters. The van der Waals surface area contributed by atoms with Crippen LogP contribution in [0.2, 0.25) is 0 Å². The summed E-state index contributed by atoms with van der Waals surface area (Å²) in [6, 6.07) is 0. The molecule has 0 aromatic heterocycles. The fraction of sp³-hybridized carbons (Fsp3) is 0.909. The monoisotopic (exact) mass is 201 g/mol. The topological polar surface area (TPSA) is 38.3 Å². The highest BCUT2D eigenvalue weighted by atomic mass is 16.6. The SMILES string of the molecule is CCC(C)(CCC(C)C)C(=O)NOC. The second-order valence-corrected chi connectivity index (χ2v) is 4.48. The van der Waals surface area contributed by atoms with Crippen molar-refractivity contribution in [2.75, 3.05) is 7.11 Å². The van der Waals surface area contributed by atoms with Crippen LogP contribution in [0.1, 0.15) is 47.0 Å². The van der Waals surface area contributed by atoms with Crippen LogP contribution in [0.5, 0.6) is 0 Å². The number of hydroxylamine groups is 1. The predicted octanol–water partition coefficient (Wildman–Crippen LogP) is 2.52. The highest BCUT2D eigenvalue weighted by Gasteiger charge is 2.30. The van der Waals surface area contributed by atoms with E-state index in [0.29, 0.717) is 5.92 Å². The Labute approximate surface area is 87.2 Å². The Bertz CT molecular complexity index is 180. The molecule has 0 heterocycles. The molecule has 14 heavy (non-hydrogen) atoms. The quantitative estimate of drug-likeness (QED) is 0.671. The molecular formula is C11H23NO2. The Morgan fingerprint density at radius 3 is 2.43 bits per heavy atom. The Morgan fingerprint density at radius 2 is 2.07 bits per heavy atom. The molecule has 0 aromatic rings. The number of amides is 1. The molecule has 0 spiro atoms. The Hall–Kier alpha value is -0.570. The maximum Gasteiger partial charge on any atom is 0.249 e. The highest BCUT2D eigenvalue weighted by molar-refractivity contribution is 5.81. The fourth-order valence-corrected chi connectivity index (χ4v) is 1.27. The molecule has 0 aromatic carbocycles. The van der Waals surface area contributed by atoms with E-state index in [-0.39, 0.29) is 11.3 Å². The second kappa shape index (κ2) is 6.02. The van der Waals surface area contributed by atoms with E-state index in [4.69, 9.17) is 0 Å². The van der Waals surface area contributed by atoms with Crippen LogP contribution in [0.4, 0.5) is 0 Å². The average molecular weight is 201 g/mol. The zero-order chi connectivity index (χ0) is 11.2. The largest absolute Gasteiger partial charge is 0.277 e. The van der Waals surface area contributed by atoms with Crippen molar-refractivity contribution in [1.82, 2.24) is 5.48 Å². The van der Waals surface area contributed by atoms with E-state index in [1.807, 2.05) is 13.8 Å². The molecule has 1 N–H and O–H groups in total. The molecule has 0 aliphatic heterocycles. The first kappa shape index (κ1) is 13.4. The number of carbonyl (C=O) groups is 1. The van der Waals surface area contributed by atoms with Crippen LogP contribution in [-0.4, -0.2) is 13.0 Å². The summed E-state index contributed by atoms with van der Waals surface area (Å²) < 4.78 is 0. The summed E-state index contributed by atoms with van der Waals surface area (Å²) in [6.45, 7) is 8.37. The first-order chi connectivity index (χ1) is 6.46. The molecule has 3 nitrogen and oxygen atoms in total. The number of rotatable bonds is 6. The maximum absolute atomic E-state index is 11.7. The van der Waals surface area contributed by atoms with Gasteiger partial charge in [-0.05, 0) is 25.2 Å². The lowest BCUT2D eigenvalue weighted by Gasteiger charge is -2.26. The minimum Gasteiger partial charge on any atom is -0.277 e. The van der Waals surface area contributed by atoms with Crippen molar-refractivity contribution in [1.29, 1.82) is 0 Å². The molecule has 3 heteroatoms. The summed E-state index contributed by atoms with van der Waals surface area (Å²) in [5.74, 6) is 0.624. The molecule has 0 saturated carbocycles. The lowest BCUT2D eigenvalue weighted by atomic mass is 9.80. The van der Waals surface area contributed by atoms with Crippen LogP contribution < -0.4 is 5.48 Å². The first-order valence-electron chi connectivity index (χ1n) is 5.29. The van der Waals surface area contributed by atoms with Crippen molar-refractivity contribution in [3.63, 3.8) is 0 Å². The van der Waals surface area contributed by atoms with Crippen LogP contribution in [-0.2, 0) is 9.63 Å². The number of hydrogen-bond acceptors (Lipinski definition) is 2. The van der Waals surface area contributed by atoms with Gasteiger partial charge >= 0.3 is 0 Å². The van der Waals surface area contributed by atoms with E-state index in [9.17, 15) is 4.79 Å². The van der Waals surface area contributed by atoms with Crippen LogP contribution in [0.25, 0.3) is 0 Å². The fourth-order valence-electron chi connectivity index (χ4n) is 1.27. The molecule has 1 amide bonds. The van der Waals surface area contributed by atoms with Gasteiger partial charge in [-0.2, -0.15) is 0 Å². The number of nitrogens with one attached hydrogen (secondary N) is 1. The molecule has 0 fully saturated rings. The van der Waals surface area contributed by atoms with Crippen LogP contribution >= 0.6 is 0 Å². The molecule has 0 aliphatic rings. The van der Waals surface area contributed by atoms with E-state index in [2.05, 4.69) is 24.2 Å². The predicted molar refractivity (Wildman–Crippen MR) is 57.6 cm³/mol. The third-order valence-corrected chi connectivity index (χ3v) is 2.80. The Morgan fingerprint density at radius 1 is 1.50 bits per heavy atom. The summed E-state index contributed by atoms with van der Waals surface area (Å²) in [4.78, 5) is 16.3. The second-order valence-electron chi connectivity index (χ2n) is 4.48. The van der Waals surface area contributed by atoms with Crippen molar-refractivity contribution < 1.29 is 9.63 Å². The smallest absolute Gasteiger partial charge is 0.249 e. The van der Waals surface area contributed by atoms with Gasteiger partial charge in [0.15, 0.2) is 0 Å². The lowest BCUT2D eigenvalue weighted by Crippen LogP contribution is -2.38. The van der Waals surface area contributed by atoms with Crippen LogP contribution in [0, 0.1) is 11.3 Å². The van der Waals surface area contributed by atoms with Crippen molar-refractivity contribution in [3.05, 3.63) is 0 Å². The molecule has 0 saturated heterocycles. The van der Waals surface area contributed by atoms with E-state index in [1.54, 1.807) is 0 Å². The van der Waals surface area contributed by atoms with Gasteiger partial charge in [-0.25, -0.2) is 5.48 Å². The molecule has 84 valence electrons. The average Bonchev–Trinajstić information content (AvgIpc) is 2.14. The van der Waals surface area contributed by atoms with E-state index >= 15 is 0 Å². The van der Waals surface area contributed by atoms with Gasteiger partial charge in [-0.15, -0.1) is 0 Å².